The van der Waals surface area contributed by atoms with E-state index in [1.54, 1.807) is 11.9 Å². The molecule has 0 saturated carbocycles. The van der Waals surface area contributed by atoms with Gasteiger partial charge in [-0.25, -0.2) is 0 Å². The molecule has 2 atom stereocenters. The number of para-hydroxylation sites is 1. The van der Waals surface area contributed by atoms with Gasteiger partial charge in [-0.3, -0.25) is 0 Å². The van der Waals surface area contributed by atoms with Crippen LogP contribution in [0.25, 0.3) is 0 Å². The molecule has 1 rings (SSSR count). The highest BCUT2D eigenvalue weighted by Crippen LogP contribution is 2.34. The topological polar surface area (TPSA) is 126 Å². The van der Waals surface area contributed by atoms with Gasteiger partial charge in [0.15, 0.2) is 0 Å². The van der Waals surface area contributed by atoms with Crippen LogP contribution in [0.1, 0.15) is 12.8 Å². The van der Waals surface area contributed by atoms with Gasteiger partial charge < -0.3 is 14.7 Å². The molecule has 0 heterocycles. The zero-order chi connectivity index (χ0) is 18.0. The first kappa shape index (κ1) is 21.0. The number of hydrogen-bond donors (Lipinski definition) is 3. The largest absolute Gasteiger partial charge is 0.700 e. The van der Waals surface area contributed by atoms with Crippen LogP contribution in [-0.2, 0) is 18.2 Å². The smallest absolute Gasteiger partial charge is 0.494 e. The normalized spacial score (nSPS) is 15.0. The Morgan fingerprint density at radius 1 is 1.08 bits per heavy atom. The summed E-state index contributed by atoms with van der Waals surface area (Å²) >= 11 is 0. The highest BCUT2D eigenvalue weighted by Gasteiger charge is 2.47. The first-order valence-electron chi connectivity index (χ1n) is 7.10. The fraction of sp³-hybridized carbons (Fsp3) is 0.538. The van der Waals surface area contributed by atoms with Gasteiger partial charge in [0, 0.05) is 22.2 Å². The molecule has 1 aromatic rings. The van der Waals surface area contributed by atoms with E-state index in [1.165, 1.54) is 0 Å². The zero-order valence-corrected chi connectivity index (χ0v) is 14.9. The minimum atomic E-state index is -3.19. The maximum Gasteiger partial charge on any atom is 0.700 e. The molecular formula is C13H21NO8P2+2. The summed E-state index contributed by atoms with van der Waals surface area (Å²) in [6, 6.07) is 9.35. The van der Waals surface area contributed by atoms with Crippen LogP contribution in [0.3, 0.4) is 0 Å². The van der Waals surface area contributed by atoms with Crippen molar-refractivity contribution >= 4 is 16.5 Å². The number of ether oxygens (including phenoxy) is 1. The van der Waals surface area contributed by atoms with Gasteiger partial charge in [-0.1, -0.05) is 18.2 Å². The number of aliphatic hydroxyl groups is 1. The number of nitrogens with zero attached hydrogens (tertiary/aromatic N) is 1. The van der Waals surface area contributed by atoms with E-state index in [1.807, 2.05) is 30.3 Å². The maximum absolute atomic E-state index is 10.7. The van der Waals surface area contributed by atoms with Crippen molar-refractivity contribution < 1.29 is 37.8 Å². The van der Waals surface area contributed by atoms with Crippen LogP contribution in [0.4, 0.5) is 0 Å². The van der Waals surface area contributed by atoms with Crippen molar-refractivity contribution in [3.8, 4) is 5.75 Å². The number of benzene rings is 1. The minimum absolute atomic E-state index is 0.203. The third kappa shape index (κ3) is 9.32. The van der Waals surface area contributed by atoms with Crippen LogP contribution in [0.2, 0.25) is 0 Å². The van der Waals surface area contributed by atoms with Gasteiger partial charge in [0.2, 0.25) is 0 Å². The van der Waals surface area contributed by atoms with Crippen LogP contribution in [0.5, 0.6) is 5.75 Å². The second-order valence-electron chi connectivity index (χ2n) is 4.94. The van der Waals surface area contributed by atoms with Crippen LogP contribution in [0, 0.1) is 0 Å². The SMILES string of the molecule is CN(CCCOc1ccccc1)CCC(O)(O[P+](=O)O)O[P+](=O)O. The van der Waals surface area contributed by atoms with Crippen molar-refractivity contribution in [3.63, 3.8) is 0 Å². The molecule has 0 saturated heterocycles. The Morgan fingerprint density at radius 3 is 2.21 bits per heavy atom. The summed E-state index contributed by atoms with van der Waals surface area (Å²) in [5, 5.41) is 9.84. The average Bonchev–Trinajstić information content (AvgIpc) is 2.49. The van der Waals surface area contributed by atoms with Crippen LogP contribution in [0.15, 0.2) is 30.3 Å². The van der Waals surface area contributed by atoms with E-state index in [2.05, 4.69) is 9.05 Å². The van der Waals surface area contributed by atoms with Crippen LogP contribution >= 0.6 is 16.5 Å². The number of rotatable bonds is 12. The molecular weight excluding hydrogens is 360 g/mol. The molecule has 0 aliphatic heterocycles. The summed E-state index contributed by atoms with van der Waals surface area (Å²) in [4.78, 5) is 19.2. The third-order valence-electron chi connectivity index (χ3n) is 2.95. The fourth-order valence-electron chi connectivity index (χ4n) is 1.84. The molecule has 9 nitrogen and oxygen atoms in total. The van der Waals surface area contributed by atoms with Gasteiger partial charge >= 0.3 is 22.5 Å². The summed E-state index contributed by atoms with van der Waals surface area (Å²) in [5.41, 5.74) is 0. The predicted molar refractivity (Wildman–Crippen MR) is 85.4 cm³/mol. The molecule has 0 amide bonds. The van der Waals surface area contributed by atoms with Gasteiger partial charge in [-0.2, -0.15) is 0 Å². The summed E-state index contributed by atoms with van der Waals surface area (Å²) < 4.78 is 35.4. The van der Waals surface area contributed by atoms with Crippen LogP contribution < -0.4 is 4.74 Å². The van der Waals surface area contributed by atoms with E-state index >= 15 is 0 Å². The van der Waals surface area contributed by atoms with Gasteiger partial charge in [0.05, 0.1) is 13.0 Å². The van der Waals surface area contributed by atoms with E-state index in [4.69, 9.17) is 14.5 Å². The lowest BCUT2D eigenvalue weighted by molar-refractivity contribution is -0.277. The van der Waals surface area contributed by atoms with Gasteiger partial charge in [-0.15, -0.1) is 9.79 Å². The van der Waals surface area contributed by atoms with E-state index in [0.717, 1.165) is 5.75 Å². The van der Waals surface area contributed by atoms with Crippen molar-refractivity contribution in [1.29, 1.82) is 0 Å². The second kappa shape index (κ2) is 10.8. The molecule has 24 heavy (non-hydrogen) atoms. The average molecular weight is 381 g/mol. The Balaban J connectivity index is 2.30. The zero-order valence-electron chi connectivity index (χ0n) is 13.1. The monoisotopic (exact) mass is 381 g/mol. The molecule has 134 valence electrons. The maximum atomic E-state index is 10.7. The molecule has 0 radical (unpaired) electrons. The first-order valence-corrected chi connectivity index (χ1v) is 9.36. The van der Waals surface area contributed by atoms with Crippen molar-refractivity contribution in [1.82, 2.24) is 4.90 Å². The molecule has 0 aromatic heterocycles. The summed E-state index contributed by atoms with van der Waals surface area (Å²) in [5.74, 6) is -1.83. The van der Waals surface area contributed by atoms with E-state index < -0.39 is 22.5 Å². The summed E-state index contributed by atoms with van der Waals surface area (Å²) in [7, 11) is -4.63. The highest BCUT2D eigenvalue weighted by molar-refractivity contribution is 7.33. The van der Waals surface area contributed by atoms with Crippen molar-refractivity contribution in [2.45, 2.75) is 18.8 Å². The van der Waals surface area contributed by atoms with E-state index in [0.29, 0.717) is 19.6 Å². The molecule has 0 aliphatic carbocycles. The molecule has 1 aromatic carbocycles. The Kier molecular flexibility index (Phi) is 9.43. The molecule has 0 bridgehead atoms. The lowest BCUT2D eigenvalue weighted by atomic mass is 10.3. The Bertz CT molecular complexity index is 514. The second-order valence-corrected chi connectivity index (χ2v) is 6.26. The van der Waals surface area contributed by atoms with E-state index in [9.17, 15) is 14.2 Å². The fourth-order valence-corrected chi connectivity index (χ4v) is 2.64. The lowest BCUT2D eigenvalue weighted by Crippen LogP contribution is -2.36. The Labute approximate surface area is 141 Å². The number of hydrogen-bond acceptors (Lipinski definition) is 7. The quantitative estimate of drug-likeness (QED) is 0.282. The van der Waals surface area contributed by atoms with Gasteiger partial charge in [0.25, 0.3) is 0 Å². The molecule has 0 spiro atoms. The molecule has 0 fully saturated rings. The highest BCUT2D eigenvalue weighted by atomic mass is 31.1. The van der Waals surface area contributed by atoms with Crippen LogP contribution in [-0.4, -0.2) is 52.5 Å². The summed E-state index contributed by atoms with van der Waals surface area (Å²) in [6.07, 6.45) is 0.417. The molecule has 3 N–H and O–H groups in total. The molecule has 0 aliphatic rings. The van der Waals surface area contributed by atoms with Gasteiger partial charge in [-0.05, 0) is 34.6 Å². The third-order valence-corrected chi connectivity index (χ3v) is 3.83. The first-order chi connectivity index (χ1) is 11.3. The predicted octanol–water partition coefficient (Wildman–Crippen LogP) is 1.76. The van der Waals surface area contributed by atoms with E-state index in [-0.39, 0.29) is 13.0 Å². The Morgan fingerprint density at radius 2 is 1.67 bits per heavy atom. The van der Waals surface area contributed by atoms with Crippen molar-refractivity contribution in [3.05, 3.63) is 30.3 Å². The Hall–Kier alpha value is -1.02. The minimum Gasteiger partial charge on any atom is -0.494 e. The van der Waals surface area contributed by atoms with Crippen molar-refractivity contribution in [2.24, 2.45) is 0 Å². The van der Waals surface area contributed by atoms with Crippen molar-refractivity contribution in [2.75, 3.05) is 26.7 Å². The van der Waals surface area contributed by atoms with Gasteiger partial charge in [0.1, 0.15) is 5.75 Å². The molecule has 11 heteroatoms. The molecule has 2 unspecified atom stereocenters. The summed E-state index contributed by atoms with van der Waals surface area (Å²) in [6.45, 7) is 1.31. The standard InChI is InChI=1S/C13H19NO8P2/c1-14(9-5-11-20-12-6-3-2-4-7-12)10-8-13(15,21-23(16)17)22-24(18)19/h2-4,6-7,15H,5,8-11H2,1H3/p+2. The lowest BCUT2D eigenvalue weighted by Gasteiger charge is -2.20.